The van der Waals surface area contributed by atoms with Crippen LogP contribution in [0.15, 0.2) is 53.4 Å². The molecule has 0 aliphatic heterocycles. The van der Waals surface area contributed by atoms with Crippen molar-refractivity contribution in [2.24, 2.45) is 0 Å². The summed E-state index contributed by atoms with van der Waals surface area (Å²) in [4.78, 5) is 23.6. The van der Waals surface area contributed by atoms with Gasteiger partial charge in [0.05, 0.1) is 5.56 Å². The minimum atomic E-state index is -4.39. The van der Waals surface area contributed by atoms with Crippen LogP contribution in [0.4, 0.5) is 13.2 Å². The van der Waals surface area contributed by atoms with Gasteiger partial charge in [-0.15, -0.1) is 0 Å². The van der Waals surface area contributed by atoms with Crippen molar-refractivity contribution in [1.82, 2.24) is 5.32 Å². The van der Waals surface area contributed by atoms with E-state index in [1.54, 1.807) is 0 Å². The molecule has 0 aromatic heterocycles. The molecular weight excluding hydrogens is 367 g/mol. The van der Waals surface area contributed by atoms with Gasteiger partial charge in [0.2, 0.25) is 0 Å². The van der Waals surface area contributed by atoms with Crippen molar-refractivity contribution in [2.75, 3.05) is 6.61 Å². The van der Waals surface area contributed by atoms with Gasteiger partial charge in [0.15, 0.2) is 6.61 Å². The number of ether oxygens (including phenoxy) is 1. The van der Waals surface area contributed by atoms with Crippen molar-refractivity contribution in [3.8, 4) is 0 Å². The Morgan fingerprint density at radius 2 is 1.73 bits per heavy atom. The van der Waals surface area contributed by atoms with E-state index in [2.05, 4.69) is 5.32 Å². The van der Waals surface area contributed by atoms with Crippen LogP contribution in [0.3, 0.4) is 0 Å². The van der Waals surface area contributed by atoms with Gasteiger partial charge in [-0.25, -0.2) is 4.79 Å². The molecule has 0 bridgehead atoms. The van der Waals surface area contributed by atoms with E-state index >= 15 is 0 Å². The number of halogens is 3. The van der Waals surface area contributed by atoms with Crippen molar-refractivity contribution in [3.05, 3.63) is 65.2 Å². The number of carbonyl (C=O) groups excluding carboxylic acids is 2. The number of carbonyl (C=O) groups is 2. The molecule has 0 aliphatic carbocycles. The van der Waals surface area contributed by atoms with Gasteiger partial charge >= 0.3 is 11.5 Å². The highest BCUT2D eigenvalue weighted by Crippen LogP contribution is 2.36. The van der Waals surface area contributed by atoms with Crippen molar-refractivity contribution in [1.29, 1.82) is 0 Å². The summed E-state index contributed by atoms with van der Waals surface area (Å²) in [6, 6.07) is 12.3. The molecule has 26 heavy (non-hydrogen) atoms. The molecule has 0 spiro atoms. The van der Waals surface area contributed by atoms with Gasteiger partial charge < -0.3 is 10.1 Å². The largest absolute Gasteiger partial charge is 0.452 e. The second-order valence-corrected chi connectivity index (χ2v) is 6.49. The van der Waals surface area contributed by atoms with E-state index in [1.165, 1.54) is 24.3 Å². The molecule has 8 heteroatoms. The molecule has 138 valence electrons. The first-order valence-corrected chi connectivity index (χ1v) is 8.40. The maximum atomic E-state index is 12.3. The van der Waals surface area contributed by atoms with Crippen LogP contribution in [0, 0.1) is 6.92 Å². The molecule has 0 saturated heterocycles. The number of esters is 1. The van der Waals surface area contributed by atoms with E-state index in [-0.39, 0.29) is 22.2 Å². The molecule has 0 fully saturated rings. The highest BCUT2D eigenvalue weighted by Gasteiger charge is 2.29. The molecule has 4 nitrogen and oxygen atoms in total. The van der Waals surface area contributed by atoms with Crippen LogP contribution in [-0.4, -0.2) is 24.0 Å². The summed E-state index contributed by atoms with van der Waals surface area (Å²) >= 11 is -0.271. The van der Waals surface area contributed by atoms with Gasteiger partial charge in [-0.3, -0.25) is 4.79 Å². The SMILES string of the molecule is Cc1ccccc1CNC(=O)COC(=O)c1ccc(SC(F)(F)F)cc1. The monoisotopic (exact) mass is 383 g/mol. The number of alkyl halides is 3. The van der Waals surface area contributed by atoms with Gasteiger partial charge in [-0.1, -0.05) is 24.3 Å². The summed E-state index contributed by atoms with van der Waals surface area (Å²) in [5.41, 5.74) is -2.34. The highest BCUT2D eigenvalue weighted by molar-refractivity contribution is 8.00. The summed E-state index contributed by atoms with van der Waals surface area (Å²) in [7, 11) is 0. The van der Waals surface area contributed by atoms with Crippen LogP contribution >= 0.6 is 11.8 Å². The van der Waals surface area contributed by atoms with Gasteiger partial charge in [0.1, 0.15) is 0 Å². The Labute approximate surface area is 152 Å². The molecule has 0 heterocycles. The maximum absolute atomic E-state index is 12.3. The normalized spacial score (nSPS) is 11.1. The molecule has 0 aliphatic rings. The molecule has 2 aromatic rings. The van der Waals surface area contributed by atoms with E-state index in [0.29, 0.717) is 6.54 Å². The van der Waals surface area contributed by atoms with Crippen molar-refractivity contribution in [2.45, 2.75) is 23.9 Å². The summed E-state index contributed by atoms with van der Waals surface area (Å²) in [6.07, 6.45) is 0. The third kappa shape index (κ3) is 6.44. The average molecular weight is 383 g/mol. The van der Waals surface area contributed by atoms with E-state index in [1.807, 2.05) is 31.2 Å². The topological polar surface area (TPSA) is 55.4 Å². The lowest BCUT2D eigenvalue weighted by Crippen LogP contribution is -2.28. The Hall–Kier alpha value is -2.48. The zero-order chi connectivity index (χ0) is 19.2. The number of hydrogen-bond donors (Lipinski definition) is 1. The molecule has 2 rings (SSSR count). The Morgan fingerprint density at radius 1 is 1.08 bits per heavy atom. The fourth-order valence-electron chi connectivity index (χ4n) is 2.06. The molecular formula is C18H16F3NO3S. The molecule has 1 N–H and O–H groups in total. The van der Waals surface area contributed by atoms with Crippen molar-refractivity contribution < 1.29 is 27.5 Å². The molecule has 0 radical (unpaired) electrons. The molecule has 1 amide bonds. The number of rotatable bonds is 6. The van der Waals surface area contributed by atoms with Gasteiger partial charge in [0, 0.05) is 11.4 Å². The number of aryl methyl sites for hydroxylation is 1. The molecule has 2 aromatic carbocycles. The standard InChI is InChI=1S/C18H16F3NO3S/c1-12-4-2-3-5-14(12)10-22-16(23)11-25-17(24)13-6-8-15(9-7-13)26-18(19,20)21/h2-9H,10-11H2,1H3,(H,22,23). The van der Waals surface area contributed by atoms with Crippen molar-refractivity contribution >= 4 is 23.6 Å². The van der Waals surface area contributed by atoms with E-state index in [9.17, 15) is 22.8 Å². The van der Waals surface area contributed by atoms with Gasteiger partial charge in [-0.2, -0.15) is 13.2 Å². The van der Waals surface area contributed by atoms with Crippen LogP contribution in [0.25, 0.3) is 0 Å². The predicted molar refractivity (Wildman–Crippen MR) is 91.7 cm³/mol. The van der Waals surface area contributed by atoms with Crippen LogP contribution in [0.2, 0.25) is 0 Å². The minimum Gasteiger partial charge on any atom is -0.452 e. The first-order valence-electron chi connectivity index (χ1n) is 7.59. The predicted octanol–water partition coefficient (Wildman–Crippen LogP) is 4.08. The highest BCUT2D eigenvalue weighted by atomic mass is 32.2. The van der Waals surface area contributed by atoms with Crippen LogP contribution in [0.1, 0.15) is 21.5 Å². The molecule has 0 unspecified atom stereocenters. The summed E-state index contributed by atoms with van der Waals surface area (Å²) in [6.45, 7) is 1.76. The lowest BCUT2D eigenvalue weighted by atomic mass is 10.1. The lowest BCUT2D eigenvalue weighted by Gasteiger charge is -2.09. The first kappa shape index (κ1) is 19.8. The Bertz CT molecular complexity index is 776. The van der Waals surface area contributed by atoms with Crippen LogP contribution < -0.4 is 5.32 Å². The number of amides is 1. The van der Waals surface area contributed by atoms with Gasteiger partial charge in [0.25, 0.3) is 5.91 Å². The average Bonchev–Trinajstić information content (AvgIpc) is 2.58. The Morgan fingerprint density at radius 3 is 2.35 bits per heavy atom. The quantitative estimate of drug-likeness (QED) is 0.603. The van der Waals surface area contributed by atoms with E-state index in [4.69, 9.17) is 4.74 Å². The third-order valence-electron chi connectivity index (χ3n) is 3.40. The van der Waals surface area contributed by atoms with Crippen molar-refractivity contribution in [3.63, 3.8) is 0 Å². The number of hydrogen-bond acceptors (Lipinski definition) is 4. The fourth-order valence-corrected chi connectivity index (χ4v) is 2.60. The second kappa shape index (κ2) is 8.75. The fraction of sp³-hybridized carbons (Fsp3) is 0.222. The molecule has 0 saturated carbocycles. The van der Waals surface area contributed by atoms with E-state index < -0.39 is 24.0 Å². The summed E-state index contributed by atoms with van der Waals surface area (Å²) in [5, 5.41) is 2.64. The number of nitrogens with one attached hydrogen (secondary N) is 1. The number of thioether (sulfide) groups is 1. The Balaban J connectivity index is 1.80. The summed E-state index contributed by atoms with van der Waals surface area (Å²) in [5.74, 6) is -1.24. The second-order valence-electron chi connectivity index (χ2n) is 5.35. The Kier molecular flexibility index (Phi) is 6.68. The zero-order valence-corrected chi connectivity index (χ0v) is 14.6. The third-order valence-corrected chi connectivity index (χ3v) is 4.13. The zero-order valence-electron chi connectivity index (χ0n) is 13.8. The lowest BCUT2D eigenvalue weighted by molar-refractivity contribution is -0.124. The van der Waals surface area contributed by atoms with Crippen LogP contribution in [0.5, 0.6) is 0 Å². The minimum absolute atomic E-state index is 0.0370. The first-order chi connectivity index (χ1) is 12.2. The van der Waals surface area contributed by atoms with E-state index in [0.717, 1.165) is 11.1 Å². The smallest absolute Gasteiger partial charge is 0.446 e. The van der Waals surface area contributed by atoms with Crippen LogP contribution in [-0.2, 0) is 16.1 Å². The summed E-state index contributed by atoms with van der Waals surface area (Å²) < 4.78 is 41.6. The molecule has 0 atom stereocenters. The van der Waals surface area contributed by atoms with Gasteiger partial charge in [-0.05, 0) is 54.1 Å². The maximum Gasteiger partial charge on any atom is 0.446 e. The number of benzene rings is 2.